The van der Waals surface area contributed by atoms with Crippen LogP contribution in [0.3, 0.4) is 0 Å². The summed E-state index contributed by atoms with van der Waals surface area (Å²) in [7, 11) is 3.01. The number of carbonyl (C=O) groups is 1. The van der Waals surface area contributed by atoms with Crippen molar-refractivity contribution in [2.24, 2.45) is 14.1 Å². The molecule has 0 aliphatic carbocycles. The Bertz CT molecular complexity index is 1040. The summed E-state index contributed by atoms with van der Waals surface area (Å²) in [5.74, 6) is -0.0964. The number of nitrogens with zero attached hydrogens (tertiary/aromatic N) is 5. The summed E-state index contributed by atoms with van der Waals surface area (Å²) in [6, 6.07) is 0. The van der Waals surface area contributed by atoms with Crippen LogP contribution in [0.5, 0.6) is 0 Å². The Hall–Kier alpha value is -2.46. The van der Waals surface area contributed by atoms with Gasteiger partial charge >= 0.3 is 5.69 Å². The van der Waals surface area contributed by atoms with Crippen molar-refractivity contribution in [1.82, 2.24) is 28.9 Å². The Morgan fingerprint density at radius 3 is 2.47 bits per heavy atom. The Morgan fingerprint density at radius 2 is 1.83 bits per heavy atom. The third kappa shape index (κ3) is 4.34. The molecule has 0 radical (unpaired) electrons. The van der Waals surface area contributed by atoms with Gasteiger partial charge in [-0.15, -0.1) is 0 Å². The molecule has 2 atom stereocenters. The number of aryl methyl sites for hydroxylation is 2. The first-order valence-corrected chi connectivity index (χ1v) is 10.3. The van der Waals surface area contributed by atoms with Crippen LogP contribution in [0.15, 0.2) is 15.9 Å². The van der Waals surface area contributed by atoms with Gasteiger partial charge in [0.1, 0.15) is 0 Å². The van der Waals surface area contributed by atoms with E-state index in [9.17, 15) is 14.4 Å². The molecule has 3 heterocycles. The van der Waals surface area contributed by atoms with E-state index in [-0.39, 0.29) is 30.1 Å². The second kappa shape index (κ2) is 8.35. The quantitative estimate of drug-likeness (QED) is 0.696. The number of fused-ring (bicyclic) bond motifs is 1. The van der Waals surface area contributed by atoms with Crippen LogP contribution in [0.1, 0.15) is 34.1 Å². The van der Waals surface area contributed by atoms with E-state index in [0.717, 1.165) is 17.7 Å². The van der Waals surface area contributed by atoms with Crippen LogP contribution >= 0.6 is 0 Å². The maximum Gasteiger partial charge on any atom is 0.332 e. The number of imidazole rings is 1. The number of aromatic nitrogens is 4. The van der Waals surface area contributed by atoms with E-state index in [1.807, 2.05) is 0 Å². The zero-order valence-corrected chi connectivity index (χ0v) is 18.6. The second-order valence-corrected chi connectivity index (χ2v) is 8.82. The summed E-state index contributed by atoms with van der Waals surface area (Å²) < 4.78 is 9.81. The van der Waals surface area contributed by atoms with Crippen molar-refractivity contribution in [2.45, 2.75) is 58.4 Å². The molecule has 10 heteroatoms. The molecule has 0 aromatic carbocycles. The van der Waals surface area contributed by atoms with Crippen molar-refractivity contribution < 1.29 is 9.53 Å². The van der Waals surface area contributed by atoms with Crippen LogP contribution in [0.25, 0.3) is 11.2 Å². The normalized spacial score (nSPS) is 20.6. The second-order valence-electron chi connectivity index (χ2n) is 8.82. The molecule has 2 aromatic heterocycles. The number of morpholine rings is 1. The lowest BCUT2D eigenvalue weighted by molar-refractivity contribution is -0.123. The molecule has 3 rings (SSSR count). The standard InChI is InChI=1S/C20H32N6O4/c1-13-9-26(10-14(2)30-13)20(3,4)11-21-15(27)7-8-25-12-22-17-16(25)18(28)24(6)19(29)23(17)5/h12-14H,7-11H2,1-6H3,(H,21,27)/t13-,14-/m0/s1. The van der Waals surface area contributed by atoms with Gasteiger partial charge in [-0.05, 0) is 27.7 Å². The maximum atomic E-state index is 12.5. The number of nitrogens with one attached hydrogen (secondary N) is 1. The van der Waals surface area contributed by atoms with Gasteiger partial charge in [0.2, 0.25) is 5.91 Å². The molecule has 2 aromatic rings. The van der Waals surface area contributed by atoms with Crippen LogP contribution in [0.2, 0.25) is 0 Å². The van der Waals surface area contributed by atoms with Crippen LogP contribution < -0.4 is 16.6 Å². The molecule has 0 spiro atoms. The third-order valence-electron chi connectivity index (χ3n) is 5.79. The van der Waals surface area contributed by atoms with E-state index in [1.54, 1.807) is 11.6 Å². The molecule has 30 heavy (non-hydrogen) atoms. The lowest BCUT2D eigenvalue weighted by atomic mass is 10.00. The first-order valence-electron chi connectivity index (χ1n) is 10.3. The summed E-state index contributed by atoms with van der Waals surface area (Å²) in [4.78, 5) is 43.5. The van der Waals surface area contributed by atoms with Gasteiger partial charge in [0.05, 0.1) is 18.5 Å². The van der Waals surface area contributed by atoms with Crippen LogP contribution in [-0.2, 0) is 30.2 Å². The van der Waals surface area contributed by atoms with Crippen LogP contribution in [-0.4, -0.2) is 66.9 Å². The van der Waals surface area contributed by atoms with E-state index >= 15 is 0 Å². The van der Waals surface area contributed by atoms with Gasteiger partial charge in [0.25, 0.3) is 5.56 Å². The predicted molar refractivity (Wildman–Crippen MR) is 114 cm³/mol. The highest BCUT2D eigenvalue weighted by Crippen LogP contribution is 2.20. The van der Waals surface area contributed by atoms with Gasteiger partial charge in [-0.2, -0.15) is 0 Å². The van der Waals surface area contributed by atoms with Gasteiger partial charge in [-0.25, -0.2) is 9.78 Å². The minimum atomic E-state index is -0.426. The maximum absolute atomic E-state index is 12.5. The van der Waals surface area contributed by atoms with E-state index in [0.29, 0.717) is 24.3 Å². The first kappa shape index (κ1) is 22.2. The molecule has 0 unspecified atom stereocenters. The minimum Gasteiger partial charge on any atom is -0.373 e. The largest absolute Gasteiger partial charge is 0.373 e. The summed E-state index contributed by atoms with van der Waals surface area (Å²) >= 11 is 0. The van der Waals surface area contributed by atoms with Gasteiger partial charge in [0.15, 0.2) is 11.2 Å². The van der Waals surface area contributed by atoms with Gasteiger partial charge in [-0.3, -0.25) is 23.6 Å². The molecule has 0 saturated carbocycles. The number of amides is 1. The number of hydrogen-bond acceptors (Lipinski definition) is 6. The van der Waals surface area contributed by atoms with Gasteiger partial charge in [0, 0.05) is 52.2 Å². The third-order valence-corrected chi connectivity index (χ3v) is 5.79. The Morgan fingerprint density at radius 1 is 1.20 bits per heavy atom. The first-order chi connectivity index (χ1) is 14.0. The number of hydrogen-bond donors (Lipinski definition) is 1. The highest BCUT2D eigenvalue weighted by Gasteiger charge is 2.33. The van der Waals surface area contributed by atoms with Crippen molar-refractivity contribution in [2.75, 3.05) is 19.6 Å². The van der Waals surface area contributed by atoms with E-state index in [2.05, 4.69) is 42.9 Å². The smallest absolute Gasteiger partial charge is 0.332 e. The number of rotatable bonds is 6. The fourth-order valence-electron chi connectivity index (χ4n) is 3.98. The van der Waals surface area contributed by atoms with Crippen molar-refractivity contribution in [3.63, 3.8) is 0 Å². The molecule has 0 bridgehead atoms. The number of ether oxygens (including phenoxy) is 1. The monoisotopic (exact) mass is 420 g/mol. The Kier molecular flexibility index (Phi) is 6.19. The molecule has 10 nitrogen and oxygen atoms in total. The highest BCUT2D eigenvalue weighted by molar-refractivity contribution is 5.76. The van der Waals surface area contributed by atoms with Crippen molar-refractivity contribution >= 4 is 17.1 Å². The fraction of sp³-hybridized carbons (Fsp3) is 0.700. The summed E-state index contributed by atoms with van der Waals surface area (Å²) in [5, 5.41) is 3.01. The fourth-order valence-corrected chi connectivity index (χ4v) is 3.98. The molecular weight excluding hydrogens is 388 g/mol. The van der Waals surface area contributed by atoms with Crippen molar-refractivity contribution in [3.8, 4) is 0 Å². The van der Waals surface area contributed by atoms with Gasteiger partial charge < -0.3 is 14.6 Å². The molecule has 1 fully saturated rings. The SMILES string of the molecule is C[C@H]1CN(C(C)(C)CNC(=O)CCn2cnc3c2c(=O)n(C)c(=O)n3C)C[C@H](C)O1. The molecule has 166 valence electrons. The summed E-state index contributed by atoms with van der Waals surface area (Å²) in [6.45, 7) is 10.8. The van der Waals surface area contributed by atoms with Crippen molar-refractivity contribution in [3.05, 3.63) is 27.2 Å². The zero-order chi connectivity index (χ0) is 22.2. The molecule has 1 saturated heterocycles. The average molecular weight is 421 g/mol. The molecule has 1 N–H and O–H groups in total. The lowest BCUT2D eigenvalue weighted by Gasteiger charge is -2.45. The van der Waals surface area contributed by atoms with E-state index < -0.39 is 11.2 Å². The molecule has 1 amide bonds. The Balaban J connectivity index is 1.63. The van der Waals surface area contributed by atoms with E-state index in [4.69, 9.17) is 4.74 Å². The van der Waals surface area contributed by atoms with Crippen LogP contribution in [0, 0.1) is 0 Å². The molecule has 1 aliphatic rings. The highest BCUT2D eigenvalue weighted by atomic mass is 16.5. The Labute approximate surface area is 175 Å². The molecule has 1 aliphatic heterocycles. The summed E-state index contributed by atoms with van der Waals surface area (Å²) in [5.41, 5.74) is -0.394. The average Bonchev–Trinajstić information content (AvgIpc) is 3.11. The molecular formula is C20H32N6O4. The minimum absolute atomic E-state index is 0.0964. The number of carbonyl (C=O) groups excluding carboxylic acids is 1. The zero-order valence-electron chi connectivity index (χ0n) is 18.6. The van der Waals surface area contributed by atoms with E-state index in [1.165, 1.54) is 17.9 Å². The predicted octanol–water partition coefficient (Wildman–Crippen LogP) is -0.172. The van der Waals surface area contributed by atoms with Crippen molar-refractivity contribution in [1.29, 1.82) is 0 Å². The van der Waals surface area contributed by atoms with Crippen LogP contribution in [0.4, 0.5) is 0 Å². The van der Waals surface area contributed by atoms with Gasteiger partial charge in [-0.1, -0.05) is 0 Å². The topological polar surface area (TPSA) is 103 Å². The lowest BCUT2D eigenvalue weighted by Crippen LogP contribution is -2.58. The summed E-state index contributed by atoms with van der Waals surface area (Å²) in [6.07, 6.45) is 2.04.